The first-order chi connectivity index (χ1) is 11.5. The number of carboxylic acid groups (broad SMARTS) is 1. The fourth-order valence-corrected chi connectivity index (χ4v) is 4.50. The van der Waals surface area contributed by atoms with Crippen LogP contribution in [0.25, 0.3) is 0 Å². The first kappa shape index (κ1) is 22.2. The lowest BCUT2D eigenvalue weighted by molar-refractivity contribution is -0.171. The van der Waals surface area contributed by atoms with Crippen LogP contribution in [0.15, 0.2) is 0 Å². The zero-order chi connectivity index (χ0) is 19.1. The van der Waals surface area contributed by atoms with Gasteiger partial charge >= 0.3 is 6.09 Å². The summed E-state index contributed by atoms with van der Waals surface area (Å²) in [5.74, 6) is -0.325. The number of hydrogen-bond acceptors (Lipinski definition) is 5. The topological polar surface area (TPSA) is 102 Å². The first-order valence-electron chi connectivity index (χ1n) is 9.06. The number of sulfone groups is 1. The standard InChI is InChI=1S/C17H33NO6S/c1-5-17(6-2)23-13-14(24-17)9-12-25(21,22)11-8-7-10-16(3,4)18-15(19)20/h14,18H,5-13H2,1-4H3,(H,19,20). The highest BCUT2D eigenvalue weighted by atomic mass is 32.2. The van der Waals surface area contributed by atoms with Crippen molar-refractivity contribution in [3.05, 3.63) is 0 Å². The molecule has 7 nitrogen and oxygen atoms in total. The third kappa shape index (κ3) is 7.92. The van der Waals surface area contributed by atoms with E-state index in [2.05, 4.69) is 5.32 Å². The molecule has 0 aliphatic carbocycles. The van der Waals surface area contributed by atoms with E-state index >= 15 is 0 Å². The van der Waals surface area contributed by atoms with Crippen molar-refractivity contribution in [2.45, 2.75) is 83.6 Å². The summed E-state index contributed by atoms with van der Waals surface area (Å²) in [5.41, 5.74) is -0.547. The molecule has 1 fully saturated rings. The maximum Gasteiger partial charge on any atom is 0.405 e. The predicted molar refractivity (Wildman–Crippen MR) is 96.5 cm³/mol. The number of hydrogen-bond donors (Lipinski definition) is 2. The molecule has 25 heavy (non-hydrogen) atoms. The van der Waals surface area contributed by atoms with E-state index in [1.807, 2.05) is 13.8 Å². The van der Waals surface area contributed by atoms with Crippen LogP contribution in [-0.2, 0) is 19.3 Å². The molecule has 0 aromatic heterocycles. The van der Waals surface area contributed by atoms with Gasteiger partial charge in [0.15, 0.2) is 5.79 Å². The Morgan fingerprint density at radius 1 is 1.24 bits per heavy atom. The van der Waals surface area contributed by atoms with Gasteiger partial charge in [-0.1, -0.05) is 20.3 Å². The average Bonchev–Trinajstić information content (AvgIpc) is 2.93. The molecule has 8 heteroatoms. The highest BCUT2D eigenvalue weighted by Gasteiger charge is 2.38. The van der Waals surface area contributed by atoms with Gasteiger partial charge in [0, 0.05) is 5.54 Å². The minimum absolute atomic E-state index is 0.0985. The number of carbonyl (C=O) groups is 1. The van der Waals surface area contributed by atoms with Gasteiger partial charge in [0.05, 0.1) is 24.2 Å². The van der Waals surface area contributed by atoms with Crippen LogP contribution in [-0.4, -0.2) is 55.2 Å². The van der Waals surface area contributed by atoms with Crippen LogP contribution >= 0.6 is 0 Å². The van der Waals surface area contributed by atoms with Gasteiger partial charge in [-0.15, -0.1) is 0 Å². The molecule has 0 spiro atoms. The van der Waals surface area contributed by atoms with E-state index < -0.39 is 27.3 Å². The van der Waals surface area contributed by atoms with Crippen molar-refractivity contribution in [1.82, 2.24) is 5.32 Å². The molecule has 0 saturated carbocycles. The summed E-state index contributed by atoms with van der Waals surface area (Å²) in [5, 5.41) is 11.2. The molecule has 1 atom stereocenters. The molecular formula is C17H33NO6S. The molecule has 1 saturated heterocycles. The summed E-state index contributed by atoms with van der Waals surface area (Å²) in [7, 11) is -3.13. The number of amides is 1. The summed E-state index contributed by atoms with van der Waals surface area (Å²) >= 11 is 0. The quantitative estimate of drug-likeness (QED) is 0.535. The largest absolute Gasteiger partial charge is 0.465 e. The van der Waals surface area contributed by atoms with Gasteiger partial charge in [0.25, 0.3) is 0 Å². The lowest BCUT2D eigenvalue weighted by Crippen LogP contribution is -2.42. The van der Waals surface area contributed by atoms with E-state index in [4.69, 9.17) is 14.6 Å². The highest BCUT2D eigenvalue weighted by Crippen LogP contribution is 2.31. The van der Waals surface area contributed by atoms with Gasteiger partial charge in [0.1, 0.15) is 9.84 Å². The summed E-state index contributed by atoms with van der Waals surface area (Å²) in [6.07, 6.45) is 2.53. The van der Waals surface area contributed by atoms with Crippen molar-refractivity contribution in [1.29, 1.82) is 0 Å². The van der Waals surface area contributed by atoms with Crippen molar-refractivity contribution < 1.29 is 27.8 Å². The van der Waals surface area contributed by atoms with E-state index in [9.17, 15) is 13.2 Å². The zero-order valence-corrected chi connectivity index (χ0v) is 16.7. The molecule has 0 aromatic rings. The van der Waals surface area contributed by atoms with Gasteiger partial charge in [-0.2, -0.15) is 0 Å². The van der Waals surface area contributed by atoms with Crippen LogP contribution in [0.2, 0.25) is 0 Å². The molecule has 148 valence electrons. The Morgan fingerprint density at radius 3 is 2.40 bits per heavy atom. The SMILES string of the molecule is CCC1(CC)OCC(CCS(=O)(=O)CCCCC(C)(C)NC(=O)O)O1. The van der Waals surface area contributed by atoms with Crippen LogP contribution in [0, 0.1) is 0 Å². The fraction of sp³-hybridized carbons (Fsp3) is 0.941. The molecule has 1 unspecified atom stereocenters. The number of ether oxygens (including phenoxy) is 2. The van der Waals surface area contributed by atoms with Crippen molar-refractivity contribution in [2.75, 3.05) is 18.1 Å². The smallest absolute Gasteiger partial charge is 0.405 e. The maximum atomic E-state index is 12.2. The Labute approximate surface area is 151 Å². The minimum Gasteiger partial charge on any atom is -0.465 e. The first-order valence-corrected chi connectivity index (χ1v) is 10.9. The van der Waals surface area contributed by atoms with Crippen molar-refractivity contribution in [3.63, 3.8) is 0 Å². The van der Waals surface area contributed by atoms with Crippen LogP contribution in [0.4, 0.5) is 4.79 Å². The van der Waals surface area contributed by atoms with Crippen molar-refractivity contribution >= 4 is 15.9 Å². The highest BCUT2D eigenvalue weighted by molar-refractivity contribution is 7.91. The molecule has 2 N–H and O–H groups in total. The molecular weight excluding hydrogens is 346 g/mol. The van der Waals surface area contributed by atoms with E-state index in [1.54, 1.807) is 13.8 Å². The van der Waals surface area contributed by atoms with Gasteiger partial charge in [-0.05, 0) is 46.0 Å². The number of nitrogens with one attached hydrogen (secondary N) is 1. The van der Waals surface area contributed by atoms with Crippen molar-refractivity contribution in [3.8, 4) is 0 Å². The van der Waals surface area contributed by atoms with Crippen LogP contribution in [0.5, 0.6) is 0 Å². The summed E-state index contributed by atoms with van der Waals surface area (Å²) < 4.78 is 36.0. The predicted octanol–water partition coefficient (Wildman–Crippen LogP) is 2.94. The molecule has 1 aliphatic rings. The molecule has 0 bridgehead atoms. The molecule has 0 radical (unpaired) electrons. The second kappa shape index (κ2) is 9.19. The Balaban J connectivity index is 2.30. The fourth-order valence-electron chi connectivity index (χ4n) is 3.03. The van der Waals surface area contributed by atoms with Gasteiger partial charge < -0.3 is 19.9 Å². The number of rotatable bonds is 11. The third-order valence-electron chi connectivity index (χ3n) is 4.69. The van der Waals surface area contributed by atoms with E-state index in [0.717, 1.165) is 12.8 Å². The van der Waals surface area contributed by atoms with E-state index in [0.29, 0.717) is 32.3 Å². The average molecular weight is 380 g/mol. The second-order valence-electron chi connectivity index (χ2n) is 7.38. The molecule has 0 aromatic carbocycles. The van der Waals surface area contributed by atoms with E-state index in [-0.39, 0.29) is 17.6 Å². The molecule has 1 aliphatic heterocycles. The van der Waals surface area contributed by atoms with Gasteiger partial charge in [-0.3, -0.25) is 0 Å². The van der Waals surface area contributed by atoms with Crippen LogP contribution in [0.3, 0.4) is 0 Å². The summed E-state index contributed by atoms with van der Waals surface area (Å²) in [6.45, 7) is 8.04. The van der Waals surface area contributed by atoms with E-state index in [1.165, 1.54) is 0 Å². The van der Waals surface area contributed by atoms with Crippen LogP contribution in [0.1, 0.15) is 66.2 Å². The Hall–Kier alpha value is -0.860. The van der Waals surface area contributed by atoms with Gasteiger partial charge in [-0.25, -0.2) is 13.2 Å². The maximum absolute atomic E-state index is 12.2. The Morgan fingerprint density at radius 2 is 1.88 bits per heavy atom. The Bertz CT molecular complexity index is 527. The molecule has 1 amide bonds. The third-order valence-corrected chi connectivity index (χ3v) is 6.46. The summed E-state index contributed by atoms with van der Waals surface area (Å²) in [6, 6.07) is 0. The minimum atomic E-state index is -3.13. The van der Waals surface area contributed by atoms with Crippen LogP contribution < -0.4 is 5.32 Å². The lowest BCUT2D eigenvalue weighted by atomic mass is 9.98. The van der Waals surface area contributed by atoms with Gasteiger partial charge in [0.2, 0.25) is 0 Å². The zero-order valence-electron chi connectivity index (χ0n) is 15.8. The van der Waals surface area contributed by atoms with Crippen molar-refractivity contribution in [2.24, 2.45) is 0 Å². The monoisotopic (exact) mass is 379 g/mol. The lowest BCUT2D eigenvalue weighted by Gasteiger charge is -2.25. The molecule has 1 heterocycles. The summed E-state index contributed by atoms with van der Waals surface area (Å²) in [4.78, 5) is 10.7. The number of unbranched alkanes of at least 4 members (excludes halogenated alkanes) is 1. The Kier molecular flexibility index (Phi) is 8.15. The normalized spacial score (nSPS) is 20.6. The molecule has 1 rings (SSSR count). The second-order valence-corrected chi connectivity index (χ2v) is 9.68.